The van der Waals surface area contributed by atoms with Crippen LogP contribution < -0.4 is 0 Å². The van der Waals surface area contributed by atoms with Crippen LogP contribution in [0.2, 0.25) is 0 Å². The fourth-order valence-electron chi connectivity index (χ4n) is 8.82. The second-order valence-corrected chi connectivity index (χ2v) is 12.6. The lowest BCUT2D eigenvalue weighted by Gasteiger charge is -2.58. The molecule has 0 aliphatic heterocycles. The summed E-state index contributed by atoms with van der Waals surface area (Å²) in [5.41, 5.74) is 1.46. The molecule has 1 unspecified atom stereocenters. The van der Waals surface area contributed by atoms with Crippen molar-refractivity contribution < 1.29 is 15.3 Å². The van der Waals surface area contributed by atoms with E-state index in [4.69, 9.17) is 0 Å². The summed E-state index contributed by atoms with van der Waals surface area (Å²) in [4.78, 5) is 0. The average Bonchev–Trinajstić information content (AvgIpc) is 3.03. The van der Waals surface area contributed by atoms with E-state index >= 15 is 0 Å². The van der Waals surface area contributed by atoms with Gasteiger partial charge in [0, 0.05) is 12.5 Å². The van der Waals surface area contributed by atoms with E-state index in [9.17, 15) is 15.3 Å². The van der Waals surface area contributed by atoms with Crippen LogP contribution in [0.3, 0.4) is 0 Å². The highest BCUT2D eigenvalue weighted by Gasteiger charge is 2.59. The molecular weight excluding hydrogens is 372 g/mol. The van der Waals surface area contributed by atoms with Crippen LogP contribution in [0.1, 0.15) is 92.4 Å². The molecule has 0 heterocycles. The maximum atomic E-state index is 10.5. The molecule has 0 bridgehead atoms. The summed E-state index contributed by atoms with van der Waals surface area (Å²) in [7, 11) is 0. The average molecular weight is 419 g/mol. The van der Waals surface area contributed by atoms with E-state index in [0.29, 0.717) is 22.7 Å². The third-order valence-corrected chi connectivity index (χ3v) is 10.7. The van der Waals surface area contributed by atoms with E-state index in [2.05, 4.69) is 26.8 Å². The lowest BCUT2D eigenvalue weighted by atomic mass is 9.47. The Balaban J connectivity index is 1.53. The zero-order chi connectivity index (χ0) is 21.9. The maximum Gasteiger partial charge on any atom is 0.0641 e. The van der Waals surface area contributed by atoms with E-state index < -0.39 is 5.60 Å². The molecule has 172 valence electrons. The second-order valence-electron chi connectivity index (χ2n) is 12.6. The Labute approximate surface area is 184 Å². The molecule has 3 nitrogen and oxygen atoms in total. The van der Waals surface area contributed by atoms with E-state index in [1.807, 2.05) is 13.8 Å². The summed E-state index contributed by atoms with van der Waals surface area (Å²) in [6, 6.07) is 0. The van der Waals surface area contributed by atoms with E-state index in [1.54, 1.807) is 5.57 Å². The Morgan fingerprint density at radius 2 is 1.83 bits per heavy atom. The van der Waals surface area contributed by atoms with Gasteiger partial charge in [-0.2, -0.15) is 0 Å². The minimum absolute atomic E-state index is 0.0424. The molecule has 3 saturated carbocycles. The van der Waals surface area contributed by atoms with Gasteiger partial charge in [0.15, 0.2) is 0 Å². The topological polar surface area (TPSA) is 60.7 Å². The molecule has 3 heteroatoms. The smallest absolute Gasteiger partial charge is 0.0641 e. The van der Waals surface area contributed by atoms with E-state index in [1.165, 1.54) is 32.1 Å². The Kier molecular flexibility index (Phi) is 5.99. The van der Waals surface area contributed by atoms with Gasteiger partial charge in [-0.3, -0.25) is 0 Å². The van der Waals surface area contributed by atoms with Crippen molar-refractivity contribution in [2.75, 3.05) is 6.61 Å². The quantitative estimate of drug-likeness (QED) is 0.529. The van der Waals surface area contributed by atoms with Crippen LogP contribution in [0.15, 0.2) is 11.6 Å². The molecule has 9 atom stereocenters. The van der Waals surface area contributed by atoms with Crippen LogP contribution >= 0.6 is 0 Å². The molecule has 0 aromatic carbocycles. The molecule has 0 radical (unpaired) electrons. The first-order valence-corrected chi connectivity index (χ1v) is 12.7. The standard InChI is InChI=1S/C27H46O3/c1-17(14-19(16-28)25(2,3)30)22-8-9-23-21-7-6-18-15-20(29)10-12-26(18,4)24(21)11-13-27(22,23)5/h6,17,19-24,28-30H,7-16H2,1-5H3/t17-,19-,20?,21+,22-,23+,24+,26+,27-/m1/s1. The van der Waals surface area contributed by atoms with Crippen molar-refractivity contribution in [2.45, 2.75) is 104 Å². The minimum Gasteiger partial charge on any atom is -0.396 e. The van der Waals surface area contributed by atoms with Crippen LogP contribution in [-0.2, 0) is 0 Å². The lowest BCUT2D eigenvalue weighted by molar-refractivity contribution is -0.0651. The number of rotatable bonds is 5. The van der Waals surface area contributed by atoms with Crippen molar-refractivity contribution in [3.8, 4) is 0 Å². The van der Waals surface area contributed by atoms with Crippen LogP contribution in [0.5, 0.6) is 0 Å². The second kappa shape index (κ2) is 7.89. The molecule has 0 aromatic heterocycles. The van der Waals surface area contributed by atoms with Gasteiger partial charge < -0.3 is 15.3 Å². The summed E-state index contributed by atoms with van der Waals surface area (Å²) >= 11 is 0. The Morgan fingerprint density at radius 1 is 1.10 bits per heavy atom. The normalized spacial score (nSPS) is 45.7. The monoisotopic (exact) mass is 418 g/mol. The minimum atomic E-state index is -0.815. The molecule has 0 aromatic rings. The Morgan fingerprint density at radius 3 is 2.50 bits per heavy atom. The Bertz CT molecular complexity index is 664. The lowest BCUT2D eigenvalue weighted by Crippen LogP contribution is -2.51. The zero-order valence-electron chi connectivity index (χ0n) is 20.0. The van der Waals surface area contributed by atoms with Crippen molar-refractivity contribution in [1.82, 2.24) is 0 Å². The third kappa shape index (κ3) is 3.61. The van der Waals surface area contributed by atoms with Crippen molar-refractivity contribution >= 4 is 0 Å². The van der Waals surface area contributed by atoms with Gasteiger partial charge in [-0.1, -0.05) is 32.4 Å². The number of aliphatic hydroxyl groups is 3. The summed E-state index contributed by atoms with van der Waals surface area (Å²) in [6.45, 7) is 11.2. The maximum absolute atomic E-state index is 10.5. The first kappa shape index (κ1) is 22.8. The van der Waals surface area contributed by atoms with Crippen molar-refractivity contribution in [2.24, 2.45) is 46.3 Å². The van der Waals surface area contributed by atoms with Gasteiger partial charge in [-0.15, -0.1) is 0 Å². The molecule has 3 N–H and O–H groups in total. The van der Waals surface area contributed by atoms with Gasteiger partial charge in [0.05, 0.1) is 11.7 Å². The van der Waals surface area contributed by atoms with E-state index in [-0.39, 0.29) is 18.6 Å². The molecule has 0 spiro atoms. The molecule has 0 saturated heterocycles. The largest absolute Gasteiger partial charge is 0.396 e. The van der Waals surface area contributed by atoms with Gasteiger partial charge in [0.2, 0.25) is 0 Å². The number of allylic oxidation sites excluding steroid dienone is 1. The molecule has 30 heavy (non-hydrogen) atoms. The van der Waals surface area contributed by atoms with Crippen LogP contribution in [0, 0.1) is 46.3 Å². The van der Waals surface area contributed by atoms with E-state index in [0.717, 1.165) is 43.4 Å². The molecule has 4 aliphatic rings. The highest BCUT2D eigenvalue weighted by atomic mass is 16.3. The summed E-state index contributed by atoms with van der Waals surface area (Å²) in [6.07, 6.45) is 12.9. The summed E-state index contributed by atoms with van der Waals surface area (Å²) in [5.74, 6) is 3.59. The van der Waals surface area contributed by atoms with Crippen LogP contribution in [0.25, 0.3) is 0 Å². The van der Waals surface area contributed by atoms with Gasteiger partial charge >= 0.3 is 0 Å². The molecule has 3 fully saturated rings. The fraction of sp³-hybridized carbons (Fsp3) is 0.926. The highest BCUT2D eigenvalue weighted by Crippen LogP contribution is 2.67. The zero-order valence-corrected chi connectivity index (χ0v) is 20.0. The van der Waals surface area contributed by atoms with Crippen LogP contribution in [-0.4, -0.2) is 33.6 Å². The van der Waals surface area contributed by atoms with Gasteiger partial charge in [-0.05, 0) is 112 Å². The van der Waals surface area contributed by atoms with Crippen molar-refractivity contribution in [3.63, 3.8) is 0 Å². The molecule has 4 aliphatic carbocycles. The number of hydrogen-bond donors (Lipinski definition) is 3. The predicted octanol–water partition coefficient (Wildman–Crippen LogP) is 5.33. The molecule has 0 amide bonds. The first-order chi connectivity index (χ1) is 14.0. The van der Waals surface area contributed by atoms with Gasteiger partial charge in [-0.25, -0.2) is 0 Å². The van der Waals surface area contributed by atoms with Crippen molar-refractivity contribution in [1.29, 1.82) is 0 Å². The Hall–Kier alpha value is -0.380. The van der Waals surface area contributed by atoms with Gasteiger partial charge in [0.25, 0.3) is 0 Å². The third-order valence-electron chi connectivity index (χ3n) is 10.7. The molecular formula is C27H46O3. The SMILES string of the molecule is C[C@H](C[C@H](CO)C(C)(C)O)[C@H]1CC[C@H]2[C@@H]3CC=C4CC(O)CC[C@]4(C)[C@H]3CC[C@]12C. The molecule has 4 rings (SSSR count). The fourth-order valence-corrected chi connectivity index (χ4v) is 8.82. The summed E-state index contributed by atoms with van der Waals surface area (Å²) in [5, 5.41) is 30.6. The first-order valence-electron chi connectivity index (χ1n) is 12.7. The highest BCUT2D eigenvalue weighted by molar-refractivity contribution is 5.25. The number of fused-ring (bicyclic) bond motifs is 5. The summed E-state index contributed by atoms with van der Waals surface area (Å²) < 4.78 is 0. The van der Waals surface area contributed by atoms with Gasteiger partial charge in [0.1, 0.15) is 0 Å². The van der Waals surface area contributed by atoms with Crippen LogP contribution in [0.4, 0.5) is 0 Å². The van der Waals surface area contributed by atoms with Crippen molar-refractivity contribution in [3.05, 3.63) is 11.6 Å². The number of hydrogen-bond acceptors (Lipinski definition) is 3. The predicted molar refractivity (Wildman–Crippen MR) is 122 cm³/mol. The number of aliphatic hydroxyl groups excluding tert-OH is 2.